The lowest BCUT2D eigenvalue weighted by Crippen LogP contribution is -2.30. The number of ether oxygens (including phenoxy) is 1. The summed E-state index contributed by atoms with van der Waals surface area (Å²) in [5.74, 6) is 1.09. The van der Waals surface area contributed by atoms with Gasteiger partial charge in [-0.25, -0.2) is 4.98 Å². The summed E-state index contributed by atoms with van der Waals surface area (Å²) < 4.78 is 10.9. The van der Waals surface area contributed by atoms with E-state index in [-0.39, 0.29) is 5.91 Å². The first-order valence-corrected chi connectivity index (χ1v) is 8.08. The first-order chi connectivity index (χ1) is 12.0. The molecule has 0 bridgehead atoms. The molecule has 3 aromatic rings. The standard InChI is InChI=1S/C20H20N2O3/c1-13-4-10-18(11-5-13)25-14(2)20(23)22-17-8-6-16(7-9-17)19-12-24-15(3)21-19/h4-12,14H,1-3H3,(H,22,23). The molecule has 0 fully saturated rings. The number of benzene rings is 2. The normalized spacial score (nSPS) is 11.8. The summed E-state index contributed by atoms with van der Waals surface area (Å²) in [6.07, 6.45) is 1.01. The zero-order valence-electron chi connectivity index (χ0n) is 14.4. The molecular weight excluding hydrogens is 316 g/mol. The number of nitrogens with zero attached hydrogens (tertiary/aromatic N) is 1. The average molecular weight is 336 g/mol. The molecule has 0 aliphatic heterocycles. The molecule has 25 heavy (non-hydrogen) atoms. The number of oxazole rings is 1. The van der Waals surface area contributed by atoms with Gasteiger partial charge in [0, 0.05) is 18.2 Å². The third-order valence-electron chi connectivity index (χ3n) is 3.77. The van der Waals surface area contributed by atoms with Crippen molar-refractivity contribution in [2.75, 3.05) is 5.32 Å². The number of aryl methyl sites for hydroxylation is 2. The molecule has 2 aromatic carbocycles. The molecule has 1 aromatic heterocycles. The minimum absolute atomic E-state index is 0.203. The van der Waals surface area contributed by atoms with Crippen molar-refractivity contribution in [3.63, 3.8) is 0 Å². The maximum absolute atomic E-state index is 12.3. The molecule has 1 unspecified atom stereocenters. The lowest BCUT2D eigenvalue weighted by atomic mass is 10.1. The quantitative estimate of drug-likeness (QED) is 0.751. The first-order valence-electron chi connectivity index (χ1n) is 8.08. The van der Waals surface area contributed by atoms with Crippen LogP contribution in [0.4, 0.5) is 5.69 Å². The summed E-state index contributed by atoms with van der Waals surface area (Å²) >= 11 is 0. The van der Waals surface area contributed by atoms with Gasteiger partial charge in [-0.15, -0.1) is 0 Å². The monoisotopic (exact) mass is 336 g/mol. The van der Waals surface area contributed by atoms with Gasteiger partial charge in [-0.1, -0.05) is 29.8 Å². The summed E-state index contributed by atoms with van der Waals surface area (Å²) in [5, 5.41) is 2.85. The van der Waals surface area contributed by atoms with Gasteiger partial charge in [-0.2, -0.15) is 0 Å². The summed E-state index contributed by atoms with van der Waals surface area (Å²) in [7, 11) is 0. The largest absolute Gasteiger partial charge is 0.481 e. The van der Waals surface area contributed by atoms with Gasteiger partial charge in [0.1, 0.15) is 17.7 Å². The Kier molecular flexibility index (Phi) is 4.84. The fraction of sp³-hybridized carbons (Fsp3) is 0.200. The van der Waals surface area contributed by atoms with E-state index in [1.165, 1.54) is 0 Å². The van der Waals surface area contributed by atoms with Crippen molar-refractivity contribution >= 4 is 11.6 Å². The number of aromatic nitrogens is 1. The van der Waals surface area contributed by atoms with Crippen LogP contribution in [0.2, 0.25) is 0 Å². The number of amides is 1. The molecule has 5 nitrogen and oxygen atoms in total. The maximum atomic E-state index is 12.3. The van der Waals surface area contributed by atoms with Crippen molar-refractivity contribution in [2.45, 2.75) is 26.9 Å². The highest BCUT2D eigenvalue weighted by molar-refractivity contribution is 5.94. The SMILES string of the molecule is Cc1ccc(OC(C)C(=O)Nc2ccc(-c3coc(C)n3)cc2)cc1. The van der Waals surface area contributed by atoms with Crippen LogP contribution in [0, 0.1) is 13.8 Å². The van der Waals surface area contributed by atoms with E-state index in [4.69, 9.17) is 9.15 Å². The zero-order valence-corrected chi connectivity index (χ0v) is 14.4. The molecular formula is C20H20N2O3. The molecule has 0 spiro atoms. The smallest absolute Gasteiger partial charge is 0.265 e. The van der Waals surface area contributed by atoms with Gasteiger partial charge in [-0.05, 0) is 38.1 Å². The number of nitrogens with one attached hydrogen (secondary N) is 1. The lowest BCUT2D eigenvalue weighted by Gasteiger charge is -2.15. The Morgan fingerprint density at radius 1 is 1.08 bits per heavy atom. The van der Waals surface area contributed by atoms with Crippen LogP contribution in [-0.4, -0.2) is 17.0 Å². The number of hydrogen-bond acceptors (Lipinski definition) is 4. The van der Waals surface area contributed by atoms with E-state index in [0.29, 0.717) is 17.3 Å². The Labute approximate surface area is 146 Å². The van der Waals surface area contributed by atoms with Crippen LogP contribution in [0.3, 0.4) is 0 Å². The number of hydrogen-bond donors (Lipinski definition) is 1. The van der Waals surface area contributed by atoms with E-state index in [0.717, 1.165) is 16.8 Å². The Balaban J connectivity index is 1.61. The van der Waals surface area contributed by atoms with Crippen LogP contribution in [0.1, 0.15) is 18.4 Å². The number of carbonyl (C=O) groups excluding carboxylic acids is 1. The summed E-state index contributed by atoms with van der Waals surface area (Å²) in [4.78, 5) is 16.6. The summed E-state index contributed by atoms with van der Waals surface area (Å²) in [6.45, 7) is 5.53. The molecule has 1 N–H and O–H groups in total. The third-order valence-corrected chi connectivity index (χ3v) is 3.77. The van der Waals surface area contributed by atoms with Crippen LogP contribution in [0.15, 0.2) is 59.2 Å². The second kappa shape index (κ2) is 7.21. The molecule has 0 radical (unpaired) electrons. The van der Waals surface area contributed by atoms with Crippen molar-refractivity contribution < 1.29 is 13.9 Å². The minimum Gasteiger partial charge on any atom is -0.481 e. The molecule has 1 atom stereocenters. The molecule has 1 amide bonds. The Hall–Kier alpha value is -3.08. The highest BCUT2D eigenvalue weighted by atomic mass is 16.5. The fourth-order valence-electron chi connectivity index (χ4n) is 2.34. The number of rotatable bonds is 5. The highest BCUT2D eigenvalue weighted by Crippen LogP contribution is 2.21. The van der Waals surface area contributed by atoms with E-state index in [1.54, 1.807) is 20.1 Å². The van der Waals surface area contributed by atoms with Crippen LogP contribution >= 0.6 is 0 Å². The predicted octanol–water partition coefficient (Wildman–Crippen LogP) is 4.36. The maximum Gasteiger partial charge on any atom is 0.265 e. The second-order valence-corrected chi connectivity index (χ2v) is 5.89. The zero-order chi connectivity index (χ0) is 17.8. The molecule has 3 rings (SSSR count). The van der Waals surface area contributed by atoms with Gasteiger partial charge in [-0.3, -0.25) is 4.79 Å². The molecule has 0 saturated carbocycles. The van der Waals surface area contributed by atoms with Crippen LogP contribution in [0.25, 0.3) is 11.3 Å². The van der Waals surface area contributed by atoms with Crippen LogP contribution < -0.4 is 10.1 Å². The number of anilines is 1. The van der Waals surface area contributed by atoms with Gasteiger partial charge in [0.25, 0.3) is 5.91 Å². The lowest BCUT2D eigenvalue weighted by molar-refractivity contribution is -0.122. The Morgan fingerprint density at radius 2 is 1.76 bits per heavy atom. The van der Waals surface area contributed by atoms with Gasteiger partial charge in [0.2, 0.25) is 0 Å². The molecule has 0 aliphatic carbocycles. The van der Waals surface area contributed by atoms with Crippen molar-refractivity contribution in [2.24, 2.45) is 0 Å². The molecule has 128 valence electrons. The molecule has 0 aliphatic rings. The Morgan fingerprint density at radius 3 is 2.36 bits per heavy atom. The third kappa shape index (κ3) is 4.26. The van der Waals surface area contributed by atoms with Gasteiger partial charge in [0.05, 0.1) is 0 Å². The fourth-order valence-corrected chi connectivity index (χ4v) is 2.34. The highest BCUT2D eigenvalue weighted by Gasteiger charge is 2.15. The van der Waals surface area contributed by atoms with Crippen LogP contribution in [0.5, 0.6) is 5.75 Å². The average Bonchev–Trinajstić information content (AvgIpc) is 3.04. The molecule has 0 saturated heterocycles. The van der Waals surface area contributed by atoms with Gasteiger partial charge >= 0.3 is 0 Å². The van der Waals surface area contributed by atoms with Crippen molar-refractivity contribution in [1.29, 1.82) is 0 Å². The van der Waals surface area contributed by atoms with E-state index < -0.39 is 6.10 Å². The van der Waals surface area contributed by atoms with E-state index >= 15 is 0 Å². The van der Waals surface area contributed by atoms with Crippen molar-refractivity contribution in [3.8, 4) is 17.0 Å². The Bertz CT molecular complexity index is 851. The second-order valence-electron chi connectivity index (χ2n) is 5.89. The van der Waals surface area contributed by atoms with E-state index in [2.05, 4.69) is 10.3 Å². The van der Waals surface area contributed by atoms with Gasteiger partial charge < -0.3 is 14.5 Å². The van der Waals surface area contributed by atoms with E-state index in [1.807, 2.05) is 55.5 Å². The van der Waals surface area contributed by atoms with Crippen LogP contribution in [-0.2, 0) is 4.79 Å². The topological polar surface area (TPSA) is 64.4 Å². The first kappa shape index (κ1) is 16.8. The van der Waals surface area contributed by atoms with E-state index in [9.17, 15) is 4.79 Å². The minimum atomic E-state index is -0.597. The molecule has 1 heterocycles. The van der Waals surface area contributed by atoms with Crippen molar-refractivity contribution in [1.82, 2.24) is 4.98 Å². The van der Waals surface area contributed by atoms with Crippen molar-refractivity contribution in [3.05, 3.63) is 66.2 Å². The summed E-state index contributed by atoms with van der Waals surface area (Å²) in [5.41, 5.74) is 3.55. The van der Waals surface area contributed by atoms with Gasteiger partial charge in [0.15, 0.2) is 12.0 Å². The predicted molar refractivity (Wildman–Crippen MR) is 96.6 cm³/mol. The molecule has 5 heteroatoms. The summed E-state index contributed by atoms with van der Waals surface area (Å²) in [6, 6.07) is 15.0. The number of carbonyl (C=O) groups is 1.